The topological polar surface area (TPSA) is 55.4 Å². The van der Waals surface area contributed by atoms with Crippen LogP contribution in [0.25, 0.3) is 0 Å². The van der Waals surface area contributed by atoms with Gasteiger partial charge in [0, 0.05) is 15.8 Å². The maximum absolute atomic E-state index is 12.6. The van der Waals surface area contributed by atoms with Crippen molar-refractivity contribution >= 4 is 37.7 Å². The average molecular weight is 394 g/mol. The fraction of sp³-hybridized carbons (Fsp3) is 0.571. The molecule has 1 aromatic carbocycles. The van der Waals surface area contributed by atoms with Gasteiger partial charge >= 0.3 is 0 Å². The molecule has 2 unspecified atom stereocenters. The van der Waals surface area contributed by atoms with Gasteiger partial charge in [0.05, 0.1) is 7.11 Å². The Morgan fingerprint density at radius 3 is 2.86 bits per heavy atom. The number of rotatable bonds is 6. The summed E-state index contributed by atoms with van der Waals surface area (Å²) in [6.45, 7) is 2.13. The van der Waals surface area contributed by atoms with E-state index in [0.717, 1.165) is 29.5 Å². The van der Waals surface area contributed by atoms with Crippen molar-refractivity contribution in [1.82, 2.24) is 4.72 Å². The molecule has 1 saturated carbocycles. The van der Waals surface area contributed by atoms with E-state index in [1.54, 1.807) is 18.2 Å². The minimum Gasteiger partial charge on any atom is -0.495 e. The van der Waals surface area contributed by atoms with Crippen molar-refractivity contribution in [3.05, 3.63) is 22.7 Å². The molecule has 0 amide bonds. The maximum atomic E-state index is 12.6. The number of hydrogen-bond donors (Lipinski definition) is 1. The van der Waals surface area contributed by atoms with Crippen LogP contribution in [-0.2, 0) is 10.0 Å². The zero-order valence-corrected chi connectivity index (χ0v) is 15.4. The largest absolute Gasteiger partial charge is 0.495 e. The molecule has 0 saturated heterocycles. The minimum atomic E-state index is -3.56. The fourth-order valence-electron chi connectivity index (χ4n) is 2.58. The van der Waals surface area contributed by atoms with E-state index in [9.17, 15) is 8.42 Å². The Hall–Kier alpha value is -0.240. The van der Waals surface area contributed by atoms with Gasteiger partial charge in [0.1, 0.15) is 10.6 Å². The second kappa shape index (κ2) is 7.35. The number of hydrogen-bond acceptors (Lipinski definition) is 4. The molecule has 118 valence electrons. The van der Waals surface area contributed by atoms with E-state index in [2.05, 4.69) is 27.6 Å². The molecule has 0 heterocycles. The van der Waals surface area contributed by atoms with Crippen LogP contribution in [0.15, 0.2) is 27.6 Å². The van der Waals surface area contributed by atoms with Crippen LogP contribution in [0.1, 0.15) is 26.2 Å². The SMILES string of the molecule is CCSC1CCC(NS(=O)(=O)c2cc(Br)ccc2OC)C1. The van der Waals surface area contributed by atoms with E-state index in [1.807, 2.05) is 11.8 Å². The van der Waals surface area contributed by atoms with E-state index in [4.69, 9.17) is 4.74 Å². The third-order valence-electron chi connectivity index (χ3n) is 3.52. The Balaban J connectivity index is 2.14. The van der Waals surface area contributed by atoms with Crippen molar-refractivity contribution in [1.29, 1.82) is 0 Å². The number of benzene rings is 1. The van der Waals surface area contributed by atoms with Gasteiger partial charge in [0.2, 0.25) is 10.0 Å². The molecule has 1 N–H and O–H groups in total. The predicted octanol–water partition coefficient (Wildman–Crippen LogP) is 3.41. The molecular weight excluding hydrogens is 374 g/mol. The van der Waals surface area contributed by atoms with Gasteiger partial charge in [-0.15, -0.1) is 0 Å². The highest BCUT2D eigenvalue weighted by Crippen LogP contribution is 2.32. The minimum absolute atomic E-state index is 0.0164. The zero-order chi connectivity index (χ0) is 15.5. The second-order valence-electron chi connectivity index (χ2n) is 5.00. The van der Waals surface area contributed by atoms with Gasteiger partial charge in [-0.1, -0.05) is 22.9 Å². The fourth-order valence-corrected chi connectivity index (χ4v) is 5.71. The lowest BCUT2D eigenvalue weighted by atomic mass is 10.3. The summed E-state index contributed by atoms with van der Waals surface area (Å²) in [5.74, 6) is 1.44. The first-order valence-electron chi connectivity index (χ1n) is 6.93. The van der Waals surface area contributed by atoms with E-state index in [1.165, 1.54) is 7.11 Å². The van der Waals surface area contributed by atoms with Gasteiger partial charge in [-0.2, -0.15) is 11.8 Å². The summed E-state index contributed by atoms with van der Waals surface area (Å²) < 4.78 is 33.8. The number of ether oxygens (including phenoxy) is 1. The summed E-state index contributed by atoms with van der Waals surface area (Å²) in [4.78, 5) is 0.186. The average Bonchev–Trinajstić information content (AvgIpc) is 2.86. The highest BCUT2D eigenvalue weighted by Gasteiger charge is 2.30. The number of nitrogens with one attached hydrogen (secondary N) is 1. The Morgan fingerprint density at radius 1 is 1.43 bits per heavy atom. The van der Waals surface area contributed by atoms with Crippen LogP contribution < -0.4 is 9.46 Å². The molecule has 0 bridgehead atoms. The Labute approximate surface area is 139 Å². The van der Waals surface area contributed by atoms with E-state index < -0.39 is 10.0 Å². The van der Waals surface area contributed by atoms with Crippen LogP contribution in [0, 0.1) is 0 Å². The Kier molecular flexibility index (Phi) is 5.99. The molecule has 4 nitrogen and oxygen atoms in total. The quantitative estimate of drug-likeness (QED) is 0.804. The monoisotopic (exact) mass is 393 g/mol. The number of sulfonamides is 1. The summed E-state index contributed by atoms with van der Waals surface area (Å²) in [5.41, 5.74) is 0. The van der Waals surface area contributed by atoms with Crippen LogP contribution in [0.4, 0.5) is 0 Å². The van der Waals surface area contributed by atoms with Crippen molar-refractivity contribution in [3.8, 4) is 5.75 Å². The Morgan fingerprint density at radius 2 is 2.19 bits per heavy atom. The molecule has 0 spiro atoms. The van der Waals surface area contributed by atoms with Gasteiger partial charge in [-0.05, 0) is 43.2 Å². The number of halogens is 1. The molecule has 2 rings (SSSR count). The molecule has 1 aromatic rings. The molecule has 1 aliphatic carbocycles. The van der Waals surface area contributed by atoms with Crippen LogP contribution in [0.3, 0.4) is 0 Å². The first kappa shape index (κ1) is 17.1. The first-order valence-corrected chi connectivity index (χ1v) is 10.3. The van der Waals surface area contributed by atoms with Crippen molar-refractivity contribution in [2.45, 2.75) is 42.4 Å². The zero-order valence-electron chi connectivity index (χ0n) is 12.1. The van der Waals surface area contributed by atoms with Gasteiger partial charge < -0.3 is 4.74 Å². The standard InChI is InChI=1S/C14H20BrNO3S2/c1-3-20-12-6-5-11(9-12)16-21(17,18)14-8-10(15)4-7-13(14)19-2/h4,7-8,11-12,16H,3,5-6,9H2,1-2H3. The molecular formula is C14H20BrNO3S2. The predicted molar refractivity (Wildman–Crippen MR) is 90.6 cm³/mol. The highest BCUT2D eigenvalue weighted by molar-refractivity contribution is 9.10. The van der Waals surface area contributed by atoms with Crippen molar-refractivity contribution < 1.29 is 13.2 Å². The van der Waals surface area contributed by atoms with Crippen LogP contribution >= 0.6 is 27.7 Å². The van der Waals surface area contributed by atoms with Crippen LogP contribution in [0.5, 0.6) is 5.75 Å². The van der Waals surface area contributed by atoms with E-state index >= 15 is 0 Å². The normalized spacial score (nSPS) is 22.4. The van der Waals surface area contributed by atoms with E-state index in [-0.39, 0.29) is 10.9 Å². The first-order chi connectivity index (χ1) is 9.96. The molecule has 1 fully saturated rings. The summed E-state index contributed by atoms with van der Waals surface area (Å²) >= 11 is 5.22. The molecule has 0 radical (unpaired) electrons. The van der Waals surface area contributed by atoms with Crippen molar-refractivity contribution in [2.24, 2.45) is 0 Å². The van der Waals surface area contributed by atoms with Crippen LogP contribution in [-0.4, -0.2) is 32.6 Å². The molecule has 7 heteroatoms. The van der Waals surface area contributed by atoms with Crippen molar-refractivity contribution in [2.75, 3.05) is 12.9 Å². The van der Waals surface area contributed by atoms with Gasteiger partial charge in [-0.25, -0.2) is 13.1 Å². The number of thioether (sulfide) groups is 1. The summed E-state index contributed by atoms with van der Waals surface area (Å²) in [5, 5.41) is 0.562. The third-order valence-corrected chi connectivity index (χ3v) is 6.79. The molecule has 21 heavy (non-hydrogen) atoms. The summed E-state index contributed by atoms with van der Waals surface area (Å²) in [7, 11) is -2.08. The summed E-state index contributed by atoms with van der Waals surface area (Å²) in [6.07, 6.45) is 2.86. The highest BCUT2D eigenvalue weighted by atomic mass is 79.9. The lowest BCUT2D eigenvalue weighted by Gasteiger charge is -2.15. The molecule has 0 aliphatic heterocycles. The Bertz CT molecular complexity index is 592. The lowest BCUT2D eigenvalue weighted by molar-refractivity contribution is 0.402. The van der Waals surface area contributed by atoms with Gasteiger partial charge in [-0.3, -0.25) is 0 Å². The smallest absolute Gasteiger partial charge is 0.244 e. The maximum Gasteiger partial charge on any atom is 0.244 e. The lowest BCUT2D eigenvalue weighted by Crippen LogP contribution is -2.33. The van der Waals surface area contributed by atoms with Crippen LogP contribution in [0.2, 0.25) is 0 Å². The van der Waals surface area contributed by atoms with Crippen molar-refractivity contribution in [3.63, 3.8) is 0 Å². The molecule has 1 aliphatic rings. The van der Waals surface area contributed by atoms with E-state index in [0.29, 0.717) is 11.0 Å². The molecule has 2 atom stereocenters. The van der Waals surface area contributed by atoms with Gasteiger partial charge in [0.15, 0.2) is 0 Å². The number of methoxy groups -OCH3 is 1. The summed E-state index contributed by atoms with van der Waals surface area (Å²) in [6, 6.07) is 5.02. The van der Waals surface area contributed by atoms with Gasteiger partial charge in [0.25, 0.3) is 0 Å². The second-order valence-corrected chi connectivity index (χ2v) is 9.18. The molecule has 0 aromatic heterocycles. The third kappa shape index (κ3) is 4.37.